The third-order valence-electron chi connectivity index (χ3n) is 1.41. The molecule has 0 aromatic rings. The van der Waals surface area contributed by atoms with E-state index in [4.69, 9.17) is 5.11 Å². The molecule has 0 aliphatic carbocycles. The number of aliphatic hydroxyl groups excluding tert-OH is 1. The molecule has 1 atom stereocenters. The second kappa shape index (κ2) is 6.31. The van der Waals surface area contributed by atoms with Crippen LogP contribution in [-0.2, 0) is 4.79 Å². The molecule has 3 heteroatoms. The van der Waals surface area contributed by atoms with E-state index in [0.717, 1.165) is 6.54 Å². The lowest BCUT2D eigenvalue weighted by Crippen LogP contribution is -2.22. The molecule has 0 aromatic carbocycles. The Morgan fingerprint density at radius 3 is 2.73 bits per heavy atom. The number of carbonyl (C=O) groups is 1. The SMILES string of the molecule is CCNCC(=O)CCC(C)O. The highest BCUT2D eigenvalue weighted by atomic mass is 16.3. The normalized spacial score (nSPS) is 13.0. The molecular weight excluding hydrogens is 142 g/mol. The fourth-order valence-electron chi connectivity index (χ4n) is 0.723. The summed E-state index contributed by atoms with van der Waals surface area (Å²) in [4.78, 5) is 10.9. The van der Waals surface area contributed by atoms with Gasteiger partial charge in [-0.1, -0.05) is 6.92 Å². The van der Waals surface area contributed by atoms with Gasteiger partial charge in [0.2, 0.25) is 0 Å². The fraction of sp³-hybridized carbons (Fsp3) is 0.875. The Hall–Kier alpha value is -0.410. The van der Waals surface area contributed by atoms with E-state index in [9.17, 15) is 4.79 Å². The summed E-state index contributed by atoms with van der Waals surface area (Å²) < 4.78 is 0. The van der Waals surface area contributed by atoms with Crippen molar-refractivity contribution >= 4 is 5.78 Å². The van der Waals surface area contributed by atoms with Crippen LogP contribution in [-0.4, -0.2) is 30.1 Å². The summed E-state index contributed by atoms with van der Waals surface area (Å²) in [5, 5.41) is 11.8. The largest absolute Gasteiger partial charge is 0.393 e. The van der Waals surface area contributed by atoms with E-state index >= 15 is 0 Å². The number of nitrogens with one attached hydrogen (secondary N) is 1. The Kier molecular flexibility index (Phi) is 6.07. The first-order valence-electron chi connectivity index (χ1n) is 4.07. The minimum Gasteiger partial charge on any atom is -0.393 e. The van der Waals surface area contributed by atoms with Gasteiger partial charge in [0.1, 0.15) is 5.78 Å². The Morgan fingerprint density at radius 1 is 1.64 bits per heavy atom. The van der Waals surface area contributed by atoms with Crippen LogP contribution in [0.1, 0.15) is 26.7 Å². The number of aliphatic hydroxyl groups is 1. The zero-order valence-corrected chi connectivity index (χ0v) is 7.26. The summed E-state index contributed by atoms with van der Waals surface area (Å²) >= 11 is 0. The van der Waals surface area contributed by atoms with Gasteiger partial charge in [-0.15, -0.1) is 0 Å². The lowest BCUT2D eigenvalue weighted by Gasteiger charge is -2.02. The topological polar surface area (TPSA) is 49.3 Å². The predicted molar refractivity (Wildman–Crippen MR) is 44.5 cm³/mol. The van der Waals surface area contributed by atoms with Gasteiger partial charge in [-0.05, 0) is 19.9 Å². The average molecular weight is 159 g/mol. The van der Waals surface area contributed by atoms with Crippen molar-refractivity contribution in [3.05, 3.63) is 0 Å². The predicted octanol–water partition coefficient (Wildman–Crippen LogP) is 0.326. The highest BCUT2D eigenvalue weighted by Crippen LogP contribution is 1.95. The first-order valence-corrected chi connectivity index (χ1v) is 4.07. The summed E-state index contributed by atoms with van der Waals surface area (Å²) in [7, 11) is 0. The molecule has 0 spiro atoms. The van der Waals surface area contributed by atoms with Crippen molar-refractivity contribution in [2.24, 2.45) is 0 Å². The number of ketones is 1. The molecule has 0 saturated heterocycles. The zero-order chi connectivity index (χ0) is 8.69. The number of rotatable bonds is 6. The first-order chi connectivity index (χ1) is 5.16. The third-order valence-corrected chi connectivity index (χ3v) is 1.41. The van der Waals surface area contributed by atoms with Crippen LogP contribution in [0, 0.1) is 0 Å². The molecular formula is C8H17NO2. The smallest absolute Gasteiger partial charge is 0.146 e. The van der Waals surface area contributed by atoms with E-state index in [1.165, 1.54) is 0 Å². The van der Waals surface area contributed by atoms with Gasteiger partial charge in [-0.2, -0.15) is 0 Å². The molecule has 0 saturated carbocycles. The second-order valence-corrected chi connectivity index (χ2v) is 2.71. The molecule has 0 heterocycles. The van der Waals surface area contributed by atoms with Crippen molar-refractivity contribution in [2.75, 3.05) is 13.1 Å². The molecule has 0 rings (SSSR count). The van der Waals surface area contributed by atoms with Crippen LogP contribution >= 0.6 is 0 Å². The van der Waals surface area contributed by atoms with Gasteiger partial charge in [-0.3, -0.25) is 4.79 Å². The standard InChI is InChI=1S/C8H17NO2/c1-3-9-6-8(11)5-4-7(2)10/h7,9-10H,3-6H2,1-2H3. The molecule has 0 aliphatic heterocycles. The van der Waals surface area contributed by atoms with Crippen molar-refractivity contribution in [3.63, 3.8) is 0 Å². The summed E-state index contributed by atoms with van der Waals surface area (Å²) in [5.41, 5.74) is 0. The molecule has 1 unspecified atom stereocenters. The molecule has 0 aromatic heterocycles. The van der Waals surface area contributed by atoms with Gasteiger partial charge in [0.25, 0.3) is 0 Å². The van der Waals surface area contributed by atoms with Crippen LogP contribution in [0.4, 0.5) is 0 Å². The third kappa shape index (κ3) is 7.49. The molecule has 66 valence electrons. The van der Waals surface area contributed by atoms with Crippen LogP contribution in [0.5, 0.6) is 0 Å². The van der Waals surface area contributed by atoms with Gasteiger partial charge >= 0.3 is 0 Å². The monoisotopic (exact) mass is 159 g/mol. The molecule has 0 aliphatic rings. The van der Waals surface area contributed by atoms with Crippen LogP contribution in [0.3, 0.4) is 0 Å². The number of hydrogen-bond acceptors (Lipinski definition) is 3. The van der Waals surface area contributed by atoms with Gasteiger partial charge < -0.3 is 10.4 Å². The van der Waals surface area contributed by atoms with E-state index in [2.05, 4.69) is 5.32 Å². The van der Waals surface area contributed by atoms with Gasteiger partial charge in [0.15, 0.2) is 0 Å². The first kappa shape index (κ1) is 10.6. The van der Waals surface area contributed by atoms with E-state index < -0.39 is 0 Å². The Bertz CT molecular complexity index is 113. The maximum atomic E-state index is 10.9. The molecule has 0 bridgehead atoms. The maximum absolute atomic E-state index is 10.9. The van der Waals surface area contributed by atoms with Crippen molar-refractivity contribution in [1.29, 1.82) is 0 Å². The second-order valence-electron chi connectivity index (χ2n) is 2.71. The Morgan fingerprint density at radius 2 is 2.27 bits per heavy atom. The van der Waals surface area contributed by atoms with Crippen LogP contribution in [0.25, 0.3) is 0 Å². The van der Waals surface area contributed by atoms with Gasteiger partial charge in [-0.25, -0.2) is 0 Å². The minimum atomic E-state index is -0.361. The average Bonchev–Trinajstić information content (AvgIpc) is 1.97. The number of carbonyl (C=O) groups excluding carboxylic acids is 1. The summed E-state index contributed by atoms with van der Waals surface area (Å²) in [5.74, 6) is 0.174. The minimum absolute atomic E-state index is 0.174. The quantitative estimate of drug-likeness (QED) is 0.587. The van der Waals surface area contributed by atoms with Crippen molar-refractivity contribution < 1.29 is 9.90 Å². The van der Waals surface area contributed by atoms with E-state index in [0.29, 0.717) is 19.4 Å². The highest BCUT2D eigenvalue weighted by Gasteiger charge is 2.02. The summed E-state index contributed by atoms with van der Waals surface area (Å²) in [6, 6.07) is 0. The van der Waals surface area contributed by atoms with Crippen molar-refractivity contribution in [1.82, 2.24) is 5.32 Å². The van der Waals surface area contributed by atoms with E-state index in [-0.39, 0.29) is 11.9 Å². The number of Topliss-reactive ketones (excluding diaryl/α,β-unsaturated/α-hetero) is 1. The summed E-state index contributed by atoms with van der Waals surface area (Å²) in [6.07, 6.45) is 0.690. The van der Waals surface area contributed by atoms with Crippen molar-refractivity contribution in [2.45, 2.75) is 32.8 Å². The molecule has 0 radical (unpaired) electrons. The molecule has 0 fully saturated rings. The summed E-state index contributed by atoms with van der Waals surface area (Å²) in [6.45, 7) is 4.91. The lowest BCUT2D eigenvalue weighted by molar-refractivity contribution is -0.118. The van der Waals surface area contributed by atoms with Gasteiger partial charge in [0.05, 0.1) is 12.6 Å². The van der Waals surface area contributed by atoms with Crippen LogP contribution in [0.15, 0.2) is 0 Å². The van der Waals surface area contributed by atoms with Gasteiger partial charge in [0, 0.05) is 6.42 Å². The Balaban J connectivity index is 3.23. The van der Waals surface area contributed by atoms with Crippen molar-refractivity contribution in [3.8, 4) is 0 Å². The molecule has 0 amide bonds. The zero-order valence-electron chi connectivity index (χ0n) is 7.26. The Labute approximate surface area is 67.8 Å². The molecule has 3 nitrogen and oxygen atoms in total. The van der Waals surface area contributed by atoms with E-state index in [1.54, 1.807) is 6.92 Å². The highest BCUT2D eigenvalue weighted by molar-refractivity contribution is 5.80. The van der Waals surface area contributed by atoms with E-state index in [1.807, 2.05) is 6.92 Å². The van der Waals surface area contributed by atoms with Crippen LogP contribution < -0.4 is 5.32 Å². The molecule has 2 N–H and O–H groups in total. The molecule has 11 heavy (non-hydrogen) atoms. The van der Waals surface area contributed by atoms with Crippen LogP contribution in [0.2, 0.25) is 0 Å². The number of hydrogen-bond donors (Lipinski definition) is 2. The maximum Gasteiger partial charge on any atom is 0.146 e. The fourth-order valence-corrected chi connectivity index (χ4v) is 0.723. The lowest BCUT2D eigenvalue weighted by atomic mass is 10.1. The number of likely N-dealkylation sites (N-methyl/N-ethyl adjacent to an activating group) is 1.